The quantitative estimate of drug-likeness (QED) is 0.307. The van der Waals surface area contributed by atoms with Crippen LogP contribution < -0.4 is 0 Å². The summed E-state index contributed by atoms with van der Waals surface area (Å²) in [7, 11) is 0. The number of aliphatic hydroxyl groups excluding tert-OH is 2. The van der Waals surface area contributed by atoms with Gasteiger partial charge in [0.2, 0.25) is 10.4 Å². The molecule has 0 bridgehead atoms. The number of hydrogen-bond acceptors (Lipinski definition) is 4. The lowest BCUT2D eigenvalue weighted by atomic mass is 11.1. The molecule has 0 atom stereocenters. The van der Waals surface area contributed by atoms with E-state index in [1.165, 1.54) is 0 Å². The molecular weight excluding hydrogens is 183 g/mol. The first-order valence-electron chi connectivity index (χ1n) is 2.04. The molecule has 58 valence electrons. The highest BCUT2D eigenvalue weighted by Crippen LogP contribution is 1.98. The van der Waals surface area contributed by atoms with Crippen LogP contribution in [0.1, 0.15) is 0 Å². The van der Waals surface area contributed by atoms with Crippen molar-refractivity contribution in [2.24, 2.45) is 0 Å². The van der Waals surface area contributed by atoms with Crippen molar-refractivity contribution in [1.82, 2.24) is 0 Å². The summed E-state index contributed by atoms with van der Waals surface area (Å²) in [6.45, 7) is 0. The Hall–Kier alpha value is -0.740. The number of halogens is 2. The van der Waals surface area contributed by atoms with Crippen molar-refractivity contribution in [2.75, 3.05) is 0 Å². The Bertz CT molecular complexity index is 127. The van der Waals surface area contributed by atoms with E-state index in [9.17, 15) is 0 Å². The standard InChI is InChI=1S/C4H4Cl2O4/c5-3(7)1-9-10-2-4(6)8/h1-2,7-8H. The van der Waals surface area contributed by atoms with E-state index in [1.54, 1.807) is 0 Å². The summed E-state index contributed by atoms with van der Waals surface area (Å²) in [6, 6.07) is 0. The first kappa shape index (κ1) is 9.26. The summed E-state index contributed by atoms with van der Waals surface area (Å²) in [4.78, 5) is 8.08. The number of aliphatic hydroxyl groups is 2. The van der Waals surface area contributed by atoms with Crippen LogP contribution in [0.4, 0.5) is 0 Å². The molecule has 0 amide bonds. The first-order chi connectivity index (χ1) is 4.63. The summed E-state index contributed by atoms with van der Waals surface area (Å²) in [5.74, 6) is 0. The van der Waals surface area contributed by atoms with Gasteiger partial charge in [-0.25, -0.2) is 0 Å². The minimum Gasteiger partial charge on any atom is -0.496 e. The summed E-state index contributed by atoms with van der Waals surface area (Å²) in [6.07, 6.45) is 1.41. The van der Waals surface area contributed by atoms with Crippen molar-refractivity contribution in [3.8, 4) is 0 Å². The van der Waals surface area contributed by atoms with Crippen LogP contribution >= 0.6 is 23.2 Å². The molecule has 0 aromatic heterocycles. The first-order valence-corrected chi connectivity index (χ1v) is 2.80. The predicted molar refractivity (Wildman–Crippen MR) is 35.3 cm³/mol. The van der Waals surface area contributed by atoms with Gasteiger partial charge in [-0.05, 0) is 23.2 Å². The van der Waals surface area contributed by atoms with E-state index >= 15 is 0 Å². The lowest BCUT2D eigenvalue weighted by Gasteiger charge is -1.93. The van der Waals surface area contributed by atoms with Crippen molar-refractivity contribution >= 4 is 23.2 Å². The average molecular weight is 187 g/mol. The zero-order valence-corrected chi connectivity index (χ0v) is 6.13. The van der Waals surface area contributed by atoms with Gasteiger partial charge in [0.1, 0.15) is 0 Å². The molecule has 0 fully saturated rings. The van der Waals surface area contributed by atoms with Crippen molar-refractivity contribution in [3.05, 3.63) is 23.0 Å². The summed E-state index contributed by atoms with van der Waals surface area (Å²) in [5.41, 5.74) is 0. The maximum absolute atomic E-state index is 8.22. The molecular formula is C4H4Cl2O4. The topological polar surface area (TPSA) is 58.9 Å². The van der Waals surface area contributed by atoms with Gasteiger partial charge in [0.05, 0.1) is 0 Å². The molecule has 6 heteroatoms. The second-order valence-corrected chi connectivity index (χ2v) is 1.85. The zero-order valence-electron chi connectivity index (χ0n) is 4.62. The second-order valence-electron chi connectivity index (χ2n) is 1.07. The Labute approximate surface area is 66.8 Å². The molecule has 0 heterocycles. The van der Waals surface area contributed by atoms with Gasteiger partial charge < -0.3 is 10.2 Å². The lowest BCUT2D eigenvalue weighted by molar-refractivity contribution is -0.199. The molecule has 4 nitrogen and oxygen atoms in total. The van der Waals surface area contributed by atoms with E-state index < -0.39 is 10.4 Å². The van der Waals surface area contributed by atoms with Gasteiger partial charge in [0.15, 0.2) is 12.5 Å². The molecule has 0 spiro atoms. The van der Waals surface area contributed by atoms with Crippen molar-refractivity contribution in [3.63, 3.8) is 0 Å². The number of hydrogen-bond donors (Lipinski definition) is 2. The minimum atomic E-state index is -0.581. The Morgan fingerprint density at radius 1 is 1.00 bits per heavy atom. The van der Waals surface area contributed by atoms with E-state index in [0.29, 0.717) is 12.5 Å². The highest BCUT2D eigenvalue weighted by molar-refractivity contribution is 6.28. The highest BCUT2D eigenvalue weighted by atomic mass is 35.5. The maximum atomic E-state index is 8.22. The Morgan fingerprint density at radius 2 is 1.30 bits per heavy atom. The van der Waals surface area contributed by atoms with Crippen molar-refractivity contribution in [2.45, 2.75) is 0 Å². The lowest BCUT2D eigenvalue weighted by Crippen LogP contribution is -1.79. The van der Waals surface area contributed by atoms with E-state index in [4.69, 9.17) is 33.4 Å². The summed E-state index contributed by atoms with van der Waals surface area (Å²) in [5, 5.41) is 15.3. The third-order valence-electron chi connectivity index (χ3n) is 0.346. The molecule has 0 aromatic rings. The molecule has 0 saturated heterocycles. The van der Waals surface area contributed by atoms with Crippen molar-refractivity contribution in [1.29, 1.82) is 0 Å². The number of rotatable bonds is 3. The minimum absolute atomic E-state index is 0.581. The van der Waals surface area contributed by atoms with Gasteiger partial charge in [-0.15, -0.1) is 0 Å². The average Bonchev–Trinajstić information content (AvgIpc) is 1.79. The van der Waals surface area contributed by atoms with Gasteiger partial charge in [0.25, 0.3) is 0 Å². The maximum Gasteiger partial charge on any atom is 0.225 e. The SMILES string of the molecule is OC(Cl)=COOC=C(O)Cl. The van der Waals surface area contributed by atoms with Gasteiger partial charge >= 0.3 is 0 Å². The van der Waals surface area contributed by atoms with Crippen LogP contribution in [0.15, 0.2) is 23.0 Å². The van der Waals surface area contributed by atoms with Crippen LogP contribution in [0.25, 0.3) is 0 Å². The molecule has 0 radical (unpaired) electrons. The van der Waals surface area contributed by atoms with E-state index in [-0.39, 0.29) is 0 Å². The van der Waals surface area contributed by atoms with Crippen LogP contribution in [0.3, 0.4) is 0 Å². The largest absolute Gasteiger partial charge is 0.496 e. The molecule has 10 heavy (non-hydrogen) atoms. The van der Waals surface area contributed by atoms with Crippen LogP contribution in [0.2, 0.25) is 0 Å². The van der Waals surface area contributed by atoms with E-state index in [1.807, 2.05) is 0 Å². The molecule has 0 aliphatic rings. The summed E-state index contributed by atoms with van der Waals surface area (Å²) >= 11 is 9.78. The normalized spacial score (nSPS) is 13.0. The molecule has 0 aromatic carbocycles. The molecule has 0 aliphatic carbocycles. The zero-order chi connectivity index (χ0) is 7.98. The molecule has 0 aliphatic heterocycles. The molecule has 0 unspecified atom stereocenters. The Kier molecular flexibility index (Phi) is 4.70. The Balaban J connectivity index is 3.39. The van der Waals surface area contributed by atoms with Gasteiger partial charge in [-0.1, -0.05) is 0 Å². The monoisotopic (exact) mass is 186 g/mol. The molecule has 0 saturated carbocycles. The van der Waals surface area contributed by atoms with Crippen LogP contribution in [-0.2, 0) is 9.78 Å². The van der Waals surface area contributed by atoms with Crippen LogP contribution in [0, 0.1) is 0 Å². The van der Waals surface area contributed by atoms with Crippen LogP contribution in [0.5, 0.6) is 0 Å². The van der Waals surface area contributed by atoms with Gasteiger partial charge in [-0.2, -0.15) is 0 Å². The highest BCUT2D eigenvalue weighted by Gasteiger charge is 1.85. The van der Waals surface area contributed by atoms with Crippen LogP contribution in [-0.4, -0.2) is 10.2 Å². The molecule has 0 rings (SSSR count). The second kappa shape index (κ2) is 5.08. The fourth-order valence-electron chi connectivity index (χ4n) is 0.135. The summed E-state index contributed by atoms with van der Waals surface area (Å²) < 4.78 is 0. The van der Waals surface area contributed by atoms with E-state index in [0.717, 1.165) is 0 Å². The fourth-order valence-corrected chi connectivity index (χ4v) is 0.208. The fraction of sp³-hybridized carbons (Fsp3) is 0. The molecule has 2 N–H and O–H groups in total. The van der Waals surface area contributed by atoms with Gasteiger partial charge in [0, 0.05) is 0 Å². The third-order valence-corrected chi connectivity index (χ3v) is 0.524. The Morgan fingerprint density at radius 3 is 1.50 bits per heavy atom. The van der Waals surface area contributed by atoms with Gasteiger partial charge in [-0.3, -0.25) is 9.78 Å². The predicted octanol–water partition coefficient (Wildman–Crippen LogP) is 2.13. The van der Waals surface area contributed by atoms with Crippen molar-refractivity contribution < 1.29 is 20.0 Å². The smallest absolute Gasteiger partial charge is 0.225 e. The van der Waals surface area contributed by atoms with E-state index in [2.05, 4.69) is 9.78 Å². The third kappa shape index (κ3) is 7.26.